The van der Waals surface area contributed by atoms with E-state index >= 15 is 0 Å². The number of nitrogens with zero attached hydrogens (tertiary/aromatic N) is 1. The molecule has 1 aromatic heterocycles. The second kappa shape index (κ2) is 6.68. The van der Waals surface area contributed by atoms with Crippen LogP contribution in [0.4, 0.5) is 0 Å². The number of hydrogen-bond donors (Lipinski definition) is 1. The quantitative estimate of drug-likeness (QED) is 0.874. The van der Waals surface area contributed by atoms with Crippen molar-refractivity contribution in [3.8, 4) is 0 Å². The maximum Gasteiger partial charge on any atom is 0.150 e. The number of nitrogens with one attached hydrogen (secondary N) is 1. The molecule has 5 heteroatoms. The minimum absolute atomic E-state index is 0.208. The molecular formula is C15H24N2O2S. The van der Waals surface area contributed by atoms with Crippen molar-refractivity contribution in [3.63, 3.8) is 0 Å². The van der Waals surface area contributed by atoms with Crippen molar-refractivity contribution < 1.29 is 8.42 Å². The molecule has 1 N–H and O–H groups in total. The largest absolute Gasteiger partial charge is 0.308 e. The van der Waals surface area contributed by atoms with Crippen LogP contribution in [0.3, 0.4) is 0 Å². The summed E-state index contributed by atoms with van der Waals surface area (Å²) in [5.41, 5.74) is 1.04. The fourth-order valence-electron chi connectivity index (χ4n) is 2.70. The third kappa shape index (κ3) is 4.56. The van der Waals surface area contributed by atoms with E-state index in [9.17, 15) is 8.42 Å². The van der Waals surface area contributed by atoms with Crippen molar-refractivity contribution >= 4 is 9.84 Å². The molecule has 4 nitrogen and oxygen atoms in total. The van der Waals surface area contributed by atoms with Crippen molar-refractivity contribution in [1.82, 2.24) is 10.3 Å². The van der Waals surface area contributed by atoms with Crippen LogP contribution in [0, 0.1) is 11.8 Å². The summed E-state index contributed by atoms with van der Waals surface area (Å²) in [4.78, 5) is 4.43. The Morgan fingerprint density at radius 1 is 1.40 bits per heavy atom. The molecule has 0 radical (unpaired) electrons. The lowest BCUT2D eigenvalue weighted by atomic mass is 9.99. The SMILES string of the molecule is CC(C)C[C@@H](NC[C@@H]1CCS(=O)(=O)C1)c1ccccn1. The van der Waals surface area contributed by atoms with Crippen molar-refractivity contribution in [3.05, 3.63) is 30.1 Å². The maximum atomic E-state index is 11.5. The summed E-state index contributed by atoms with van der Waals surface area (Å²) in [6.07, 6.45) is 3.60. The molecular weight excluding hydrogens is 272 g/mol. The molecule has 1 fully saturated rings. The zero-order chi connectivity index (χ0) is 14.6. The van der Waals surface area contributed by atoms with Crippen LogP contribution in [0.25, 0.3) is 0 Å². The van der Waals surface area contributed by atoms with E-state index < -0.39 is 9.84 Å². The topological polar surface area (TPSA) is 59.1 Å². The van der Waals surface area contributed by atoms with Gasteiger partial charge in [0.15, 0.2) is 9.84 Å². The van der Waals surface area contributed by atoms with Crippen molar-refractivity contribution in [2.45, 2.75) is 32.7 Å². The molecule has 0 saturated carbocycles. The Morgan fingerprint density at radius 2 is 2.20 bits per heavy atom. The van der Waals surface area contributed by atoms with Crippen LogP contribution >= 0.6 is 0 Å². The lowest BCUT2D eigenvalue weighted by molar-refractivity contribution is 0.392. The molecule has 1 aliphatic rings. The summed E-state index contributed by atoms with van der Waals surface area (Å²) < 4.78 is 23.0. The fourth-order valence-corrected chi connectivity index (χ4v) is 4.57. The van der Waals surface area contributed by atoms with Gasteiger partial charge in [-0.3, -0.25) is 4.98 Å². The molecule has 0 aromatic carbocycles. The Morgan fingerprint density at radius 3 is 2.75 bits per heavy atom. The first kappa shape index (κ1) is 15.4. The molecule has 2 rings (SSSR count). The van der Waals surface area contributed by atoms with Crippen LogP contribution in [0.2, 0.25) is 0 Å². The van der Waals surface area contributed by atoms with E-state index in [0.29, 0.717) is 17.4 Å². The number of sulfone groups is 1. The summed E-state index contributed by atoms with van der Waals surface area (Å²) in [6.45, 7) is 5.14. The molecule has 1 aromatic rings. The maximum absolute atomic E-state index is 11.5. The van der Waals surface area contributed by atoms with Gasteiger partial charge >= 0.3 is 0 Å². The van der Waals surface area contributed by atoms with Gasteiger partial charge in [0.1, 0.15) is 0 Å². The van der Waals surface area contributed by atoms with Crippen LogP contribution in [0.1, 0.15) is 38.4 Å². The van der Waals surface area contributed by atoms with E-state index in [-0.39, 0.29) is 12.0 Å². The first-order chi connectivity index (χ1) is 9.46. The summed E-state index contributed by atoms with van der Waals surface area (Å²) in [5.74, 6) is 1.49. The van der Waals surface area contributed by atoms with Crippen LogP contribution in [-0.4, -0.2) is 31.5 Å². The van der Waals surface area contributed by atoms with E-state index in [1.807, 2.05) is 24.4 Å². The van der Waals surface area contributed by atoms with Gasteiger partial charge in [-0.2, -0.15) is 0 Å². The molecule has 0 bridgehead atoms. The second-order valence-electron chi connectivity index (χ2n) is 6.11. The van der Waals surface area contributed by atoms with Gasteiger partial charge in [-0.1, -0.05) is 19.9 Å². The highest BCUT2D eigenvalue weighted by molar-refractivity contribution is 7.91. The summed E-state index contributed by atoms with van der Waals surface area (Å²) in [6, 6.07) is 6.15. The Hall–Kier alpha value is -0.940. The van der Waals surface area contributed by atoms with E-state index in [2.05, 4.69) is 24.1 Å². The van der Waals surface area contributed by atoms with Gasteiger partial charge in [0, 0.05) is 12.2 Å². The van der Waals surface area contributed by atoms with Crippen LogP contribution in [0.15, 0.2) is 24.4 Å². The first-order valence-electron chi connectivity index (χ1n) is 7.31. The Balaban J connectivity index is 1.95. The van der Waals surface area contributed by atoms with Crippen LogP contribution in [0.5, 0.6) is 0 Å². The third-order valence-corrected chi connectivity index (χ3v) is 5.57. The molecule has 2 atom stereocenters. The lowest BCUT2D eigenvalue weighted by Gasteiger charge is -2.22. The van der Waals surface area contributed by atoms with Crippen LogP contribution < -0.4 is 5.32 Å². The molecule has 2 heterocycles. The molecule has 0 amide bonds. The number of pyridine rings is 1. The summed E-state index contributed by atoms with van der Waals surface area (Å²) in [5, 5.41) is 3.52. The monoisotopic (exact) mass is 296 g/mol. The Labute approximate surface area is 121 Å². The molecule has 1 aliphatic heterocycles. The summed E-state index contributed by atoms with van der Waals surface area (Å²) >= 11 is 0. The number of aromatic nitrogens is 1. The smallest absolute Gasteiger partial charge is 0.150 e. The predicted octanol–water partition coefficient (Wildman–Crippen LogP) is 2.19. The van der Waals surface area contributed by atoms with Crippen molar-refractivity contribution in [1.29, 1.82) is 0 Å². The van der Waals surface area contributed by atoms with Crippen LogP contribution in [-0.2, 0) is 9.84 Å². The standard InChI is InChI=1S/C15H24N2O2S/c1-12(2)9-15(14-5-3-4-7-16-14)17-10-13-6-8-20(18,19)11-13/h3-5,7,12-13,15,17H,6,8-11H2,1-2H3/t13-,15+/m0/s1. The van der Waals surface area contributed by atoms with Gasteiger partial charge in [0.25, 0.3) is 0 Å². The highest BCUT2D eigenvalue weighted by atomic mass is 32.2. The van der Waals surface area contributed by atoms with Gasteiger partial charge in [-0.15, -0.1) is 0 Å². The Kier molecular flexibility index (Phi) is 5.16. The van der Waals surface area contributed by atoms with E-state index in [4.69, 9.17) is 0 Å². The minimum Gasteiger partial charge on any atom is -0.308 e. The average molecular weight is 296 g/mol. The van der Waals surface area contributed by atoms with Crippen molar-refractivity contribution in [2.75, 3.05) is 18.1 Å². The Bertz CT molecular complexity index is 514. The van der Waals surface area contributed by atoms with E-state index in [1.165, 1.54) is 0 Å². The minimum atomic E-state index is -2.79. The van der Waals surface area contributed by atoms with Gasteiger partial charge in [-0.25, -0.2) is 8.42 Å². The fraction of sp³-hybridized carbons (Fsp3) is 0.667. The molecule has 0 spiro atoms. The van der Waals surface area contributed by atoms with E-state index in [0.717, 1.165) is 25.1 Å². The van der Waals surface area contributed by atoms with Crippen molar-refractivity contribution in [2.24, 2.45) is 11.8 Å². The zero-order valence-electron chi connectivity index (χ0n) is 12.2. The average Bonchev–Trinajstić information content (AvgIpc) is 2.75. The highest BCUT2D eigenvalue weighted by Crippen LogP contribution is 2.22. The zero-order valence-corrected chi connectivity index (χ0v) is 13.1. The number of rotatable bonds is 6. The van der Waals surface area contributed by atoms with Gasteiger partial charge in [0.2, 0.25) is 0 Å². The number of hydrogen-bond acceptors (Lipinski definition) is 4. The molecule has 20 heavy (non-hydrogen) atoms. The molecule has 112 valence electrons. The van der Waals surface area contributed by atoms with Gasteiger partial charge in [0.05, 0.1) is 17.2 Å². The second-order valence-corrected chi connectivity index (χ2v) is 8.34. The first-order valence-corrected chi connectivity index (χ1v) is 9.13. The molecule has 0 unspecified atom stereocenters. The van der Waals surface area contributed by atoms with Gasteiger partial charge < -0.3 is 5.32 Å². The molecule has 1 saturated heterocycles. The van der Waals surface area contributed by atoms with E-state index in [1.54, 1.807) is 0 Å². The normalized spacial score (nSPS) is 23.1. The highest BCUT2D eigenvalue weighted by Gasteiger charge is 2.28. The molecule has 0 aliphatic carbocycles. The lowest BCUT2D eigenvalue weighted by Crippen LogP contribution is -2.29. The van der Waals surface area contributed by atoms with Gasteiger partial charge in [-0.05, 0) is 43.4 Å². The summed E-state index contributed by atoms with van der Waals surface area (Å²) in [7, 11) is -2.79. The third-order valence-electron chi connectivity index (χ3n) is 3.73. The predicted molar refractivity (Wildman–Crippen MR) is 81.2 cm³/mol.